The number of fused-ring (bicyclic) bond motifs is 1. The highest BCUT2D eigenvalue weighted by atomic mass is 32.3. The Morgan fingerprint density at radius 2 is 1.78 bits per heavy atom. The third-order valence-corrected chi connectivity index (χ3v) is 14.5. The Balaban J connectivity index is 1.61. The molecule has 322 valence electrons. The molecule has 21 nitrogen and oxygen atoms in total. The number of primary amides is 1. The summed E-state index contributed by atoms with van der Waals surface area (Å²) in [6.07, 6.45) is 0.493. The minimum absolute atomic E-state index is 0.0214. The maximum atomic E-state index is 13.1. The van der Waals surface area contributed by atoms with E-state index in [4.69, 9.17) is 36.7 Å². The van der Waals surface area contributed by atoms with Crippen molar-refractivity contribution in [2.75, 3.05) is 85.9 Å². The molecule has 58 heavy (non-hydrogen) atoms. The number of ether oxygens (including phenoxy) is 2. The molecule has 2 aliphatic heterocycles. The summed E-state index contributed by atoms with van der Waals surface area (Å²) in [5.74, 6) is -5.15. The summed E-state index contributed by atoms with van der Waals surface area (Å²) in [4.78, 5) is 98.9. The van der Waals surface area contributed by atoms with Crippen LogP contribution in [0.1, 0.15) is 31.7 Å². The second kappa shape index (κ2) is 21.2. The van der Waals surface area contributed by atoms with Gasteiger partial charge in [0.1, 0.15) is 19.1 Å². The number of carbonyl (C=O) groups excluding carboxylic acids is 7. The lowest BCUT2D eigenvalue weighted by Gasteiger charge is -2.55. The number of carboxylic acids is 1. The van der Waals surface area contributed by atoms with Crippen molar-refractivity contribution >= 4 is 81.5 Å². The van der Waals surface area contributed by atoms with E-state index in [1.807, 2.05) is 33.2 Å². The third-order valence-electron chi connectivity index (χ3n) is 9.89. The van der Waals surface area contributed by atoms with E-state index in [1.54, 1.807) is 24.1 Å². The Morgan fingerprint density at radius 3 is 2.38 bits per heavy atom. The summed E-state index contributed by atoms with van der Waals surface area (Å²) in [7, 11) is 4.32. The molecule has 0 radical (unpaired) electrons. The first-order valence-corrected chi connectivity index (χ1v) is 20.3. The highest BCUT2D eigenvalue weighted by molar-refractivity contribution is 8.20. The van der Waals surface area contributed by atoms with E-state index in [0.717, 1.165) is 11.8 Å². The standard InChI is InChI=1S/C35H53N9O12S2/c1-6-42(2)20-31(51)55-35-56-32(52)22-44(4)25(21-43(3,15-16-45)58(35,44)54-5)17-23-7-9-24(10-8-23)40-34(57)37-14-13-28(47)41-26(11-12-30(49)50)33(53)39-19-29(48)38-18-27(36)46/h7-10,16,25-26,35H,6,11-15,17-22H2,1-5H3,(H6-2,36,37,38,39,40,41,46,47,48,49,50,53,57)/p+2. The lowest BCUT2D eigenvalue weighted by atomic mass is 10.0. The Kier molecular flexibility index (Phi) is 17.3. The van der Waals surface area contributed by atoms with Gasteiger partial charge in [-0.3, -0.25) is 38.5 Å². The molecule has 2 saturated heterocycles. The van der Waals surface area contributed by atoms with Gasteiger partial charge in [-0.1, -0.05) is 19.1 Å². The summed E-state index contributed by atoms with van der Waals surface area (Å²) >= 11 is 5.39. The number of hydrogen-bond donors (Lipinski definition) is 7. The van der Waals surface area contributed by atoms with Gasteiger partial charge in [-0.15, -0.1) is 0 Å². The summed E-state index contributed by atoms with van der Waals surface area (Å²) < 4.78 is 18.0. The maximum Gasteiger partial charge on any atom is 0.398 e. The number of carbonyl (C=O) groups is 8. The van der Waals surface area contributed by atoms with E-state index < -0.39 is 83.4 Å². The number of nitrogens with zero attached hydrogens (tertiary/aromatic N) is 3. The SMILES string of the molecule is CCN(C)CC(=O)OC1OC(=O)C[N+]2(C)C(Cc3ccc(NC(=S)NCCC(=O)NC(CCC(=O)O)C(=O)NCC(=O)NCC(N)=O)cc3)C[N+](C)(CC=O)S12OC. The van der Waals surface area contributed by atoms with Crippen LogP contribution in [-0.2, 0) is 58.4 Å². The molecule has 4 amide bonds. The molecule has 0 aliphatic carbocycles. The average molecular weight is 858 g/mol. The molecule has 8 N–H and O–H groups in total. The van der Waals surface area contributed by atoms with Gasteiger partial charge in [0.25, 0.3) is 0 Å². The van der Waals surface area contributed by atoms with Crippen molar-refractivity contribution in [1.82, 2.24) is 26.2 Å². The Morgan fingerprint density at radius 1 is 1.09 bits per heavy atom. The molecule has 1 aromatic carbocycles. The van der Waals surface area contributed by atoms with Crippen LogP contribution in [0.25, 0.3) is 0 Å². The van der Waals surface area contributed by atoms with Gasteiger partial charge in [-0.2, -0.15) is 0 Å². The lowest BCUT2D eigenvalue weighted by molar-refractivity contribution is -0.822. The minimum atomic E-state index is -2.69. The Hall–Kier alpha value is -4.94. The summed E-state index contributed by atoms with van der Waals surface area (Å²) in [5.41, 5.74) is 5.18. The number of thiocarbonyl (C=S) groups is 1. The molecule has 6 unspecified atom stereocenters. The van der Waals surface area contributed by atoms with Gasteiger partial charge >= 0.3 is 23.5 Å². The predicted molar refractivity (Wildman–Crippen MR) is 214 cm³/mol. The van der Waals surface area contributed by atoms with Gasteiger partial charge in [-0.05, 0) is 49.9 Å². The molecule has 0 saturated carbocycles. The van der Waals surface area contributed by atoms with Crippen molar-refractivity contribution in [2.45, 2.75) is 50.3 Å². The van der Waals surface area contributed by atoms with E-state index in [-0.39, 0.29) is 58.0 Å². The number of carboxylic acid groups (broad SMARTS) is 1. The van der Waals surface area contributed by atoms with Crippen LogP contribution >= 0.6 is 22.9 Å². The van der Waals surface area contributed by atoms with E-state index >= 15 is 0 Å². The zero-order valence-corrected chi connectivity index (χ0v) is 34.9. The average Bonchev–Trinajstić information content (AvgIpc) is 3.33. The monoisotopic (exact) mass is 857 g/mol. The first-order valence-electron chi connectivity index (χ1n) is 18.4. The molecule has 2 heterocycles. The van der Waals surface area contributed by atoms with Crippen LogP contribution in [0.2, 0.25) is 0 Å². The van der Waals surface area contributed by atoms with Crippen LogP contribution in [0.4, 0.5) is 5.69 Å². The number of esters is 2. The minimum Gasteiger partial charge on any atom is -0.481 e. The summed E-state index contributed by atoms with van der Waals surface area (Å²) in [6, 6.07) is 5.92. The van der Waals surface area contributed by atoms with Crippen LogP contribution in [0.3, 0.4) is 0 Å². The molecular formula is C35H55N9O12S2+2. The first kappa shape index (κ1) is 47.4. The summed E-state index contributed by atoms with van der Waals surface area (Å²) in [6.45, 7) is 2.02. The number of likely N-dealkylation sites (N-methyl/N-ethyl adjacent to an activating group) is 3. The van der Waals surface area contributed by atoms with Gasteiger partial charge in [-0.25, -0.2) is 16.8 Å². The zero-order valence-electron chi connectivity index (χ0n) is 33.3. The third kappa shape index (κ3) is 12.0. The number of cyclic esters (lactones) is 1. The summed E-state index contributed by atoms with van der Waals surface area (Å²) in [5, 5.41) is 22.2. The van der Waals surface area contributed by atoms with Gasteiger partial charge in [0.15, 0.2) is 24.0 Å². The number of quaternary nitrogens is 2. The highest BCUT2D eigenvalue weighted by Crippen LogP contribution is 2.73. The Bertz CT molecular complexity index is 1720. The number of nitrogens with one attached hydrogen (secondary N) is 5. The molecule has 3 rings (SSSR count). The second-order valence-corrected chi connectivity index (χ2v) is 18.1. The number of aliphatic carboxylic acids is 1. The molecule has 0 spiro atoms. The first-order chi connectivity index (χ1) is 27.3. The number of aldehydes is 1. The number of rotatable bonds is 22. The number of benzene rings is 1. The van der Waals surface area contributed by atoms with Gasteiger partial charge < -0.3 is 46.9 Å². The van der Waals surface area contributed by atoms with Crippen molar-refractivity contribution in [3.05, 3.63) is 29.8 Å². The van der Waals surface area contributed by atoms with E-state index in [1.165, 1.54) is 7.11 Å². The topological polar surface area (TPSA) is 274 Å². The predicted octanol–water partition coefficient (Wildman–Crippen LogP) is -2.02. The smallest absolute Gasteiger partial charge is 0.398 e. The molecule has 6 atom stereocenters. The van der Waals surface area contributed by atoms with Crippen molar-refractivity contribution < 1.29 is 64.9 Å². The maximum absolute atomic E-state index is 13.1. The normalized spacial score (nSPS) is 25.1. The van der Waals surface area contributed by atoms with Crippen LogP contribution in [-0.4, -0.2) is 169 Å². The lowest BCUT2D eigenvalue weighted by Crippen LogP contribution is -2.64. The molecule has 0 aromatic heterocycles. The van der Waals surface area contributed by atoms with Crippen molar-refractivity contribution in [2.24, 2.45) is 5.73 Å². The molecule has 1 aromatic rings. The van der Waals surface area contributed by atoms with E-state index in [0.29, 0.717) is 25.2 Å². The quantitative estimate of drug-likeness (QED) is 0.0287. The van der Waals surface area contributed by atoms with Gasteiger partial charge in [0.05, 0.1) is 40.8 Å². The zero-order chi connectivity index (χ0) is 43.3. The highest BCUT2D eigenvalue weighted by Gasteiger charge is 2.77. The van der Waals surface area contributed by atoms with Crippen LogP contribution in [0.15, 0.2) is 24.3 Å². The molecule has 2 aliphatic rings. The fourth-order valence-corrected chi connectivity index (χ4v) is 11.6. The Labute approximate surface area is 343 Å². The van der Waals surface area contributed by atoms with Crippen LogP contribution < -0.4 is 32.3 Å². The van der Waals surface area contributed by atoms with Gasteiger partial charge in [0, 0.05) is 31.5 Å². The fraction of sp³-hybridized carbons (Fsp3) is 0.571. The van der Waals surface area contributed by atoms with Crippen molar-refractivity contribution in [3.8, 4) is 0 Å². The van der Waals surface area contributed by atoms with Gasteiger partial charge in [0.2, 0.25) is 34.3 Å². The van der Waals surface area contributed by atoms with Crippen LogP contribution in [0, 0.1) is 0 Å². The number of nitrogens with two attached hydrogens (primary N) is 1. The van der Waals surface area contributed by atoms with E-state index in [2.05, 4.69) is 26.6 Å². The fourth-order valence-electron chi connectivity index (χ4n) is 6.87. The van der Waals surface area contributed by atoms with Crippen molar-refractivity contribution in [3.63, 3.8) is 0 Å². The molecule has 2 fully saturated rings. The number of hydrogen-bond acceptors (Lipinski definition) is 13. The second-order valence-electron chi connectivity index (χ2n) is 14.2. The van der Waals surface area contributed by atoms with E-state index in [9.17, 15) is 38.4 Å². The largest absolute Gasteiger partial charge is 0.481 e. The number of anilines is 1. The van der Waals surface area contributed by atoms with Crippen LogP contribution in [0.5, 0.6) is 0 Å². The molecular weight excluding hydrogens is 803 g/mol. The van der Waals surface area contributed by atoms with Crippen molar-refractivity contribution in [1.29, 1.82) is 0 Å². The molecule has 23 heteroatoms. The number of amides is 4. The molecule has 0 bridgehead atoms.